The molecule has 3 heterocycles. The van der Waals surface area contributed by atoms with Crippen LogP contribution in [-0.4, -0.2) is 71.0 Å². The highest BCUT2D eigenvalue weighted by atomic mass is 32.2. The number of benzene rings is 2. The van der Waals surface area contributed by atoms with Crippen molar-refractivity contribution in [3.8, 4) is 0 Å². The number of hydrogen-bond acceptors (Lipinski definition) is 7. The zero-order valence-corrected chi connectivity index (χ0v) is 20.4. The molecule has 0 radical (unpaired) electrons. The van der Waals surface area contributed by atoms with E-state index in [0.717, 1.165) is 24.8 Å². The number of hydrogen-bond donors (Lipinski definition) is 0. The second-order valence-electron chi connectivity index (χ2n) is 8.69. The second kappa shape index (κ2) is 8.66. The molecule has 1 atom stereocenters. The van der Waals surface area contributed by atoms with Crippen molar-refractivity contribution < 1.29 is 13.2 Å². The van der Waals surface area contributed by atoms with Crippen LogP contribution in [0.1, 0.15) is 24.0 Å². The number of anilines is 1. The Morgan fingerprint density at radius 1 is 1.00 bits per heavy atom. The van der Waals surface area contributed by atoms with Gasteiger partial charge in [0.25, 0.3) is 0 Å². The zero-order valence-electron chi connectivity index (χ0n) is 18.8. The van der Waals surface area contributed by atoms with Gasteiger partial charge in [0.05, 0.1) is 11.7 Å². The van der Waals surface area contributed by atoms with E-state index in [2.05, 4.69) is 45.7 Å². The minimum Gasteiger partial charge on any atom is -0.368 e. The van der Waals surface area contributed by atoms with Gasteiger partial charge < -0.3 is 9.80 Å². The SMILES string of the molecule is Cc1cccc(N2CCN(C(=O)[C@H]3CCCN3S(=O)(=O)c3cccc4nsnc34)CC2)c1C. The first-order valence-corrected chi connectivity index (χ1v) is 13.4. The maximum Gasteiger partial charge on any atom is 0.246 e. The van der Waals surface area contributed by atoms with E-state index in [1.165, 1.54) is 21.1 Å². The lowest BCUT2D eigenvalue weighted by Gasteiger charge is -2.38. The molecule has 2 aliphatic rings. The van der Waals surface area contributed by atoms with Gasteiger partial charge in [-0.3, -0.25) is 4.79 Å². The lowest BCUT2D eigenvalue weighted by Crippen LogP contribution is -2.54. The average Bonchev–Trinajstić information content (AvgIpc) is 3.50. The fraction of sp³-hybridized carbons (Fsp3) is 0.435. The highest BCUT2D eigenvalue weighted by Crippen LogP contribution is 2.31. The molecule has 8 nitrogen and oxygen atoms in total. The third-order valence-electron chi connectivity index (χ3n) is 6.83. The Kier molecular flexibility index (Phi) is 5.84. The maximum absolute atomic E-state index is 13.5. The molecule has 2 saturated heterocycles. The summed E-state index contributed by atoms with van der Waals surface area (Å²) in [6, 6.07) is 10.6. The van der Waals surface area contributed by atoms with Gasteiger partial charge in [-0.15, -0.1) is 0 Å². The summed E-state index contributed by atoms with van der Waals surface area (Å²) in [5, 5.41) is 0. The van der Waals surface area contributed by atoms with Gasteiger partial charge in [0.1, 0.15) is 22.0 Å². The van der Waals surface area contributed by atoms with Crippen LogP contribution in [0, 0.1) is 13.8 Å². The minimum atomic E-state index is -3.85. The number of sulfonamides is 1. The number of fused-ring (bicyclic) bond motifs is 1. The number of piperazine rings is 1. The zero-order chi connectivity index (χ0) is 23.2. The third-order valence-corrected chi connectivity index (χ3v) is 9.31. The Hall–Kier alpha value is -2.56. The highest BCUT2D eigenvalue weighted by molar-refractivity contribution is 7.89. The number of rotatable bonds is 4. The highest BCUT2D eigenvalue weighted by Gasteiger charge is 2.42. The normalized spacial score (nSPS) is 20.0. The first-order valence-electron chi connectivity index (χ1n) is 11.2. The van der Waals surface area contributed by atoms with Gasteiger partial charge in [-0.1, -0.05) is 18.2 Å². The summed E-state index contributed by atoms with van der Waals surface area (Å²) in [4.78, 5) is 17.7. The van der Waals surface area contributed by atoms with Gasteiger partial charge in [0.15, 0.2) is 0 Å². The van der Waals surface area contributed by atoms with Crippen molar-refractivity contribution in [3.63, 3.8) is 0 Å². The molecule has 0 unspecified atom stereocenters. The van der Waals surface area contributed by atoms with Crippen LogP contribution in [0.5, 0.6) is 0 Å². The van der Waals surface area contributed by atoms with Gasteiger partial charge in [0.2, 0.25) is 15.9 Å². The first kappa shape index (κ1) is 22.2. The van der Waals surface area contributed by atoms with E-state index in [-0.39, 0.29) is 10.8 Å². The van der Waals surface area contributed by atoms with Crippen LogP contribution in [0.15, 0.2) is 41.3 Å². The Bertz CT molecular complexity index is 1300. The van der Waals surface area contributed by atoms with Crippen molar-refractivity contribution in [2.45, 2.75) is 37.6 Å². The number of carbonyl (C=O) groups is 1. The number of carbonyl (C=O) groups excluding carboxylic acids is 1. The van der Waals surface area contributed by atoms with Crippen molar-refractivity contribution in [2.24, 2.45) is 0 Å². The molecule has 0 saturated carbocycles. The van der Waals surface area contributed by atoms with Gasteiger partial charge in [-0.25, -0.2) is 8.42 Å². The van der Waals surface area contributed by atoms with Crippen LogP contribution in [0.25, 0.3) is 11.0 Å². The summed E-state index contributed by atoms with van der Waals surface area (Å²) >= 11 is 0.993. The molecule has 1 aromatic heterocycles. The molecule has 2 aliphatic heterocycles. The predicted octanol–water partition coefficient (Wildman–Crippen LogP) is 2.81. The van der Waals surface area contributed by atoms with Crippen molar-refractivity contribution >= 4 is 44.4 Å². The van der Waals surface area contributed by atoms with Crippen molar-refractivity contribution in [1.82, 2.24) is 18.0 Å². The molecule has 0 aliphatic carbocycles. The summed E-state index contributed by atoms with van der Waals surface area (Å²) in [5.74, 6) is -0.0970. The Morgan fingerprint density at radius 3 is 2.55 bits per heavy atom. The van der Waals surface area contributed by atoms with Crippen LogP contribution < -0.4 is 4.90 Å². The summed E-state index contributed by atoms with van der Waals surface area (Å²) in [6.07, 6.45) is 1.21. The lowest BCUT2D eigenvalue weighted by molar-refractivity contribution is -0.134. The predicted molar refractivity (Wildman–Crippen MR) is 129 cm³/mol. The monoisotopic (exact) mass is 485 g/mol. The van der Waals surface area contributed by atoms with E-state index in [9.17, 15) is 13.2 Å². The van der Waals surface area contributed by atoms with Crippen LogP contribution in [-0.2, 0) is 14.8 Å². The summed E-state index contributed by atoms with van der Waals surface area (Å²) in [7, 11) is -3.85. The van der Waals surface area contributed by atoms with Gasteiger partial charge in [0, 0.05) is 38.4 Å². The molecule has 0 bridgehead atoms. The van der Waals surface area contributed by atoms with Crippen LogP contribution >= 0.6 is 11.7 Å². The van der Waals surface area contributed by atoms with E-state index >= 15 is 0 Å². The lowest BCUT2D eigenvalue weighted by atomic mass is 10.1. The molecule has 3 aromatic rings. The molecular formula is C23H27N5O3S2. The van der Waals surface area contributed by atoms with Gasteiger partial charge in [-0.05, 0) is 56.0 Å². The molecule has 1 amide bonds. The summed E-state index contributed by atoms with van der Waals surface area (Å²) in [5.41, 5.74) is 4.66. The van der Waals surface area contributed by atoms with E-state index in [0.29, 0.717) is 43.5 Å². The third kappa shape index (κ3) is 3.89. The Balaban J connectivity index is 1.33. The molecule has 174 valence electrons. The molecule has 0 N–H and O–H groups in total. The van der Waals surface area contributed by atoms with Crippen molar-refractivity contribution in [2.75, 3.05) is 37.6 Å². The van der Waals surface area contributed by atoms with Crippen LogP contribution in [0.2, 0.25) is 0 Å². The smallest absolute Gasteiger partial charge is 0.246 e. The molecule has 5 rings (SSSR count). The maximum atomic E-state index is 13.5. The topological polar surface area (TPSA) is 86.7 Å². The fourth-order valence-corrected chi connectivity index (χ4v) is 7.25. The Morgan fingerprint density at radius 2 is 1.76 bits per heavy atom. The van der Waals surface area contributed by atoms with Crippen molar-refractivity contribution in [3.05, 3.63) is 47.5 Å². The second-order valence-corrected chi connectivity index (χ2v) is 11.1. The molecule has 0 spiro atoms. The van der Waals surface area contributed by atoms with E-state index in [4.69, 9.17) is 0 Å². The molecule has 2 fully saturated rings. The van der Waals surface area contributed by atoms with Crippen LogP contribution in [0.3, 0.4) is 0 Å². The van der Waals surface area contributed by atoms with Crippen molar-refractivity contribution in [1.29, 1.82) is 0 Å². The largest absolute Gasteiger partial charge is 0.368 e. The van der Waals surface area contributed by atoms with E-state index in [1.54, 1.807) is 18.2 Å². The number of aromatic nitrogens is 2. The molecule has 33 heavy (non-hydrogen) atoms. The van der Waals surface area contributed by atoms with E-state index in [1.807, 2.05) is 4.90 Å². The first-order chi connectivity index (χ1) is 15.9. The fourth-order valence-electron chi connectivity index (χ4n) is 4.85. The number of aryl methyl sites for hydroxylation is 1. The average molecular weight is 486 g/mol. The number of nitrogens with zero attached hydrogens (tertiary/aromatic N) is 5. The Labute approximate surface area is 198 Å². The quantitative estimate of drug-likeness (QED) is 0.565. The number of amides is 1. The van der Waals surface area contributed by atoms with Gasteiger partial charge in [-0.2, -0.15) is 13.1 Å². The summed E-state index contributed by atoms with van der Waals surface area (Å²) in [6.45, 7) is 7.22. The summed E-state index contributed by atoms with van der Waals surface area (Å²) < 4.78 is 36.8. The van der Waals surface area contributed by atoms with Gasteiger partial charge >= 0.3 is 0 Å². The molecule has 10 heteroatoms. The van der Waals surface area contributed by atoms with E-state index < -0.39 is 16.1 Å². The molecule has 2 aromatic carbocycles. The van der Waals surface area contributed by atoms with Crippen LogP contribution in [0.4, 0.5) is 5.69 Å². The molecular weight excluding hydrogens is 458 g/mol. The minimum absolute atomic E-state index is 0.0970. The standard InChI is InChI=1S/C23H27N5O3S2/c1-16-6-3-8-19(17(16)2)26-12-14-27(15-13-26)23(29)20-9-5-11-28(20)33(30,31)21-10-4-7-18-22(21)25-32-24-18/h3-4,6-8,10,20H,5,9,11-15H2,1-2H3/t20-/m1/s1.